The van der Waals surface area contributed by atoms with E-state index in [9.17, 15) is 0 Å². The highest BCUT2D eigenvalue weighted by atomic mass is 127. The van der Waals surface area contributed by atoms with E-state index in [0.29, 0.717) is 12.6 Å². The summed E-state index contributed by atoms with van der Waals surface area (Å²) in [6.45, 7) is 3.65. The first-order chi connectivity index (χ1) is 9.71. The highest BCUT2D eigenvalue weighted by molar-refractivity contribution is 14.0. The molecule has 1 saturated carbocycles. The molecule has 0 spiro atoms. The number of rotatable bonds is 5. The molecular weight excluding hydrogens is 397 g/mol. The Bertz CT molecular complexity index is 448. The van der Waals surface area contributed by atoms with Crippen LogP contribution in [0.3, 0.4) is 0 Å². The monoisotopic (exact) mass is 423 g/mol. The van der Waals surface area contributed by atoms with Gasteiger partial charge in [0.05, 0.1) is 12.7 Å². The lowest BCUT2D eigenvalue weighted by atomic mass is 10.2. The number of hydrogen-bond acceptors (Lipinski definition) is 3. The smallest absolute Gasteiger partial charge is 0.191 e. The molecule has 1 aliphatic carbocycles. The Labute approximate surface area is 148 Å². The van der Waals surface area contributed by atoms with E-state index in [4.69, 9.17) is 0 Å². The number of nitrogens with one attached hydrogen (secondary N) is 2. The predicted molar refractivity (Wildman–Crippen MR) is 102 cm³/mol. The Morgan fingerprint density at radius 2 is 2.33 bits per heavy atom. The number of halogens is 1. The summed E-state index contributed by atoms with van der Waals surface area (Å²) in [4.78, 5) is 4.65. The minimum Gasteiger partial charge on any atom is -0.357 e. The third kappa shape index (κ3) is 6.06. The molecule has 21 heavy (non-hydrogen) atoms. The van der Waals surface area contributed by atoms with Crippen LogP contribution < -0.4 is 10.6 Å². The number of hydrogen-bond donors (Lipinski definition) is 2. The van der Waals surface area contributed by atoms with Crippen LogP contribution in [0, 0.1) is 0 Å². The van der Waals surface area contributed by atoms with E-state index in [1.54, 1.807) is 0 Å². The molecule has 120 valence electrons. The molecule has 2 rings (SSSR count). The number of nitrogens with zero attached hydrogens (tertiary/aromatic N) is 3. The van der Waals surface area contributed by atoms with E-state index in [1.807, 2.05) is 35.9 Å². The van der Waals surface area contributed by atoms with E-state index in [2.05, 4.69) is 33.9 Å². The molecule has 1 aromatic rings. The van der Waals surface area contributed by atoms with E-state index >= 15 is 0 Å². The van der Waals surface area contributed by atoms with Gasteiger partial charge in [-0.25, -0.2) is 4.99 Å². The van der Waals surface area contributed by atoms with Gasteiger partial charge in [-0.1, -0.05) is 0 Å². The molecule has 5 nitrogen and oxygen atoms in total. The Balaban J connectivity index is 0.00000220. The quantitative estimate of drug-likeness (QED) is 0.434. The normalized spacial score (nSPS) is 22.0. The van der Waals surface area contributed by atoms with Crippen LogP contribution in [0.25, 0.3) is 0 Å². The summed E-state index contributed by atoms with van der Waals surface area (Å²) in [5.74, 6) is 0.920. The van der Waals surface area contributed by atoms with Gasteiger partial charge in [-0.2, -0.15) is 16.9 Å². The van der Waals surface area contributed by atoms with Crippen molar-refractivity contribution in [1.29, 1.82) is 0 Å². The van der Waals surface area contributed by atoms with Crippen LogP contribution in [0.2, 0.25) is 0 Å². The van der Waals surface area contributed by atoms with Crippen molar-refractivity contribution >= 4 is 41.7 Å². The molecule has 2 N–H and O–H groups in total. The Hall–Kier alpha value is -0.440. The fourth-order valence-electron chi connectivity index (χ4n) is 2.52. The van der Waals surface area contributed by atoms with E-state index < -0.39 is 0 Å². The molecule has 2 atom stereocenters. The summed E-state index contributed by atoms with van der Waals surface area (Å²) in [7, 11) is 1.93. The summed E-state index contributed by atoms with van der Waals surface area (Å²) >= 11 is 1.98. The van der Waals surface area contributed by atoms with Crippen LogP contribution in [-0.4, -0.2) is 39.8 Å². The standard InChI is InChI=1S/C14H25N5S.HI/c1-4-15-14(16-8-11-9-17-19(2)10-11)18-12-5-6-13(7-12)20-3;/h9-10,12-13H,4-8H2,1-3H3,(H2,15,16,18);1H. The fraction of sp³-hybridized carbons (Fsp3) is 0.714. The Morgan fingerprint density at radius 1 is 1.52 bits per heavy atom. The van der Waals surface area contributed by atoms with Gasteiger partial charge in [0.1, 0.15) is 0 Å². The number of thioether (sulfide) groups is 1. The van der Waals surface area contributed by atoms with Crippen LogP contribution in [-0.2, 0) is 13.6 Å². The topological polar surface area (TPSA) is 54.2 Å². The molecule has 1 aromatic heterocycles. The summed E-state index contributed by atoms with van der Waals surface area (Å²) in [6, 6.07) is 0.555. The van der Waals surface area contributed by atoms with Crippen LogP contribution in [0.5, 0.6) is 0 Å². The van der Waals surface area contributed by atoms with Crippen LogP contribution >= 0.6 is 35.7 Å². The van der Waals surface area contributed by atoms with Crippen molar-refractivity contribution in [1.82, 2.24) is 20.4 Å². The largest absolute Gasteiger partial charge is 0.357 e. The fourth-order valence-corrected chi connectivity index (χ4v) is 3.32. The third-order valence-corrected chi connectivity index (χ3v) is 4.68. The second-order valence-corrected chi connectivity index (χ2v) is 6.37. The molecule has 2 unspecified atom stereocenters. The molecule has 0 saturated heterocycles. The third-order valence-electron chi connectivity index (χ3n) is 3.58. The maximum atomic E-state index is 4.65. The molecule has 0 bridgehead atoms. The average Bonchev–Trinajstić information content (AvgIpc) is 3.05. The van der Waals surface area contributed by atoms with Crippen molar-refractivity contribution in [3.8, 4) is 0 Å². The van der Waals surface area contributed by atoms with Crippen LogP contribution in [0.15, 0.2) is 17.4 Å². The molecule has 1 aliphatic rings. The second-order valence-electron chi connectivity index (χ2n) is 5.23. The number of aryl methyl sites for hydroxylation is 1. The summed E-state index contributed by atoms with van der Waals surface area (Å²) in [5, 5.41) is 11.8. The zero-order valence-corrected chi connectivity index (χ0v) is 16.1. The maximum absolute atomic E-state index is 4.65. The van der Waals surface area contributed by atoms with Crippen LogP contribution in [0.1, 0.15) is 31.7 Å². The lowest BCUT2D eigenvalue weighted by molar-refractivity contribution is 0.615. The minimum absolute atomic E-state index is 0. The number of aromatic nitrogens is 2. The van der Waals surface area contributed by atoms with Crippen LogP contribution in [0.4, 0.5) is 0 Å². The zero-order chi connectivity index (χ0) is 14.4. The lowest BCUT2D eigenvalue weighted by Gasteiger charge is -2.17. The number of aliphatic imine (C=N–C) groups is 1. The highest BCUT2D eigenvalue weighted by Crippen LogP contribution is 2.27. The first-order valence-electron chi connectivity index (χ1n) is 7.26. The molecular formula is C14H26IN5S. The van der Waals surface area contributed by atoms with Gasteiger partial charge in [-0.05, 0) is 32.4 Å². The molecule has 0 radical (unpaired) electrons. The number of guanidine groups is 1. The van der Waals surface area contributed by atoms with E-state index in [-0.39, 0.29) is 24.0 Å². The van der Waals surface area contributed by atoms with Crippen molar-refractivity contribution in [3.05, 3.63) is 18.0 Å². The Kier molecular flexibility index (Phi) is 8.46. The predicted octanol–water partition coefficient (Wildman–Crippen LogP) is 2.38. The Morgan fingerprint density at radius 3 is 2.90 bits per heavy atom. The molecule has 0 aromatic carbocycles. The van der Waals surface area contributed by atoms with Crippen molar-refractivity contribution in [3.63, 3.8) is 0 Å². The van der Waals surface area contributed by atoms with Gasteiger partial charge in [0.25, 0.3) is 0 Å². The molecule has 0 amide bonds. The average molecular weight is 423 g/mol. The SMILES string of the molecule is CCNC(=NCc1cnn(C)c1)NC1CCC(SC)C1.I. The van der Waals surface area contributed by atoms with Gasteiger partial charge in [0.15, 0.2) is 5.96 Å². The summed E-state index contributed by atoms with van der Waals surface area (Å²) in [5.41, 5.74) is 1.14. The van der Waals surface area contributed by atoms with E-state index in [1.165, 1.54) is 19.3 Å². The van der Waals surface area contributed by atoms with Crippen molar-refractivity contribution < 1.29 is 0 Å². The zero-order valence-electron chi connectivity index (χ0n) is 13.0. The van der Waals surface area contributed by atoms with Gasteiger partial charge in [0, 0.05) is 36.6 Å². The lowest BCUT2D eigenvalue weighted by Crippen LogP contribution is -2.42. The minimum atomic E-state index is 0. The molecule has 7 heteroatoms. The first kappa shape index (κ1) is 18.6. The highest BCUT2D eigenvalue weighted by Gasteiger charge is 2.24. The maximum Gasteiger partial charge on any atom is 0.191 e. The first-order valence-corrected chi connectivity index (χ1v) is 8.55. The van der Waals surface area contributed by atoms with Gasteiger partial charge in [0.2, 0.25) is 0 Å². The second kappa shape index (κ2) is 9.55. The van der Waals surface area contributed by atoms with Crippen molar-refractivity contribution in [2.75, 3.05) is 12.8 Å². The van der Waals surface area contributed by atoms with Gasteiger partial charge < -0.3 is 10.6 Å². The van der Waals surface area contributed by atoms with Gasteiger partial charge >= 0.3 is 0 Å². The molecule has 1 fully saturated rings. The van der Waals surface area contributed by atoms with E-state index in [0.717, 1.165) is 23.3 Å². The molecule has 1 heterocycles. The van der Waals surface area contributed by atoms with Gasteiger partial charge in [-0.15, -0.1) is 24.0 Å². The van der Waals surface area contributed by atoms with Crippen molar-refractivity contribution in [2.45, 2.75) is 44.0 Å². The summed E-state index contributed by atoms with van der Waals surface area (Å²) < 4.78 is 1.81. The molecule has 0 aliphatic heterocycles. The van der Waals surface area contributed by atoms with Gasteiger partial charge in [-0.3, -0.25) is 4.68 Å². The summed E-state index contributed by atoms with van der Waals surface area (Å²) in [6.07, 6.45) is 9.86. The van der Waals surface area contributed by atoms with Crippen molar-refractivity contribution in [2.24, 2.45) is 12.0 Å².